The Morgan fingerprint density at radius 1 is 2.00 bits per heavy atom. The molecule has 0 aromatic rings. The van der Waals surface area contributed by atoms with E-state index in [1.54, 1.807) is 0 Å². The zero-order chi connectivity index (χ0) is 5.98. The highest BCUT2D eigenvalue weighted by molar-refractivity contribution is 5.93. The van der Waals surface area contributed by atoms with Gasteiger partial charge in [0.15, 0.2) is 0 Å². The summed E-state index contributed by atoms with van der Waals surface area (Å²) in [5, 5.41) is 6.99. The van der Waals surface area contributed by atoms with Crippen molar-refractivity contribution in [2.75, 3.05) is 0 Å². The van der Waals surface area contributed by atoms with Crippen LogP contribution in [0, 0.1) is 5.53 Å². The number of carbonyl (C=O) groups is 1. The summed E-state index contributed by atoms with van der Waals surface area (Å²) in [5.74, 6) is -0.250. The van der Waals surface area contributed by atoms with Gasteiger partial charge >= 0.3 is 0 Å². The number of nitrogens with one attached hydrogen (secondary N) is 1. The fraction of sp³-hybridized carbons (Fsp3) is 0.333. The number of hydrazone groups is 1. The predicted octanol–water partition coefficient (Wildman–Crippen LogP) is 0.150. The van der Waals surface area contributed by atoms with Crippen molar-refractivity contribution in [3.8, 4) is 0 Å². The summed E-state index contributed by atoms with van der Waals surface area (Å²) in [6, 6.07) is 0. The topological polar surface area (TPSA) is 68.9 Å². The zero-order valence-electron chi connectivity index (χ0n) is 4.03. The van der Waals surface area contributed by atoms with Crippen molar-refractivity contribution >= 4 is 12.1 Å². The first-order valence-corrected chi connectivity index (χ1v) is 2.07. The SMILES string of the molecule is N=NN1N=CCC1=O. The number of amides is 1. The Morgan fingerprint density at radius 2 is 2.75 bits per heavy atom. The van der Waals surface area contributed by atoms with Crippen LogP contribution in [0.25, 0.3) is 0 Å². The maximum atomic E-state index is 10.4. The van der Waals surface area contributed by atoms with E-state index in [-0.39, 0.29) is 12.3 Å². The van der Waals surface area contributed by atoms with Gasteiger partial charge in [-0.15, -0.1) is 0 Å². The lowest BCUT2D eigenvalue weighted by Gasteiger charge is -1.96. The van der Waals surface area contributed by atoms with E-state index in [4.69, 9.17) is 5.53 Å². The summed E-state index contributed by atoms with van der Waals surface area (Å²) >= 11 is 0. The number of carbonyl (C=O) groups excluding carboxylic acids is 1. The van der Waals surface area contributed by atoms with Crippen LogP contribution in [0.5, 0.6) is 0 Å². The van der Waals surface area contributed by atoms with E-state index >= 15 is 0 Å². The molecule has 1 amide bonds. The minimum Gasteiger partial charge on any atom is -0.270 e. The molecular formula is C3H4N4O. The maximum Gasteiger partial charge on any atom is 0.271 e. The Balaban J connectivity index is 2.66. The van der Waals surface area contributed by atoms with Crippen LogP contribution in [0.2, 0.25) is 0 Å². The average molecular weight is 112 g/mol. The van der Waals surface area contributed by atoms with Gasteiger partial charge in [-0.3, -0.25) is 4.79 Å². The van der Waals surface area contributed by atoms with Gasteiger partial charge in [-0.1, -0.05) is 5.12 Å². The molecule has 1 heterocycles. The third-order valence-corrected chi connectivity index (χ3v) is 0.775. The Kier molecular flexibility index (Phi) is 1.03. The summed E-state index contributed by atoms with van der Waals surface area (Å²) in [6.07, 6.45) is 1.68. The molecule has 0 saturated carbocycles. The molecule has 0 aliphatic carbocycles. The first-order valence-electron chi connectivity index (χ1n) is 2.07. The van der Waals surface area contributed by atoms with Gasteiger partial charge in [0, 0.05) is 6.21 Å². The molecule has 0 saturated heterocycles. The smallest absolute Gasteiger partial charge is 0.270 e. The van der Waals surface area contributed by atoms with Gasteiger partial charge in [0.25, 0.3) is 5.91 Å². The first-order chi connectivity index (χ1) is 3.84. The van der Waals surface area contributed by atoms with Crippen LogP contribution in [0.4, 0.5) is 0 Å². The van der Waals surface area contributed by atoms with Gasteiger partial charge in [0.1, 0.15) is 0 Å². The highest BCUT2D eigenvalue weighted by Gasteiger charge is 2.14. The van der Waals surface area contributed by atoms with Crippen LogP contribution in [0.15, 0.2) is 10.3 Å². The highest BCUT2D eigenvalue weighted by Crippen LogP contribution is 2.00. The molecule has 0 spiro atoms. The lowest BCUT2D eigenvalue weighted by Crippen LogP contribution is -2.12. The normalized spacial score (nSPS) is 17.5. The second kappa shape index (κ2) is 1.69. The van der Waals surface area contributed by atoms with E-state index in [9.17, 15) is 4.79 Å². The van der Waals surface area contributed by atoms with Gasteiger partial charge in [0.2, 0.25) is 0 Å². The molecule has 1 N–H and O–H groups in total. The van der Waals surface area contributed by atoms with Crippen LogP contribution >= 0.6 is 0 Å². The maximum absolute atomic E-state index is 10.4. The lowest BCUT2D eigenvalue weighted by atomic mass is 10.5. The molecule has 5 heteroatoms. The molecule has 0 fully saturated rings. The Labute approximate surface area is 45.5 Å². The van der Waals surface area contributed by atoms with Crippen molar-refractivity contribution in [2.24, 2.45) is 10.3 Å². The number of hydrogen-bond acceptors (Lipinski definition) is 4. The summed E-state index contributed by atoms with van der Waals surface area (Å²) in [4.78, 5) is 10.4. The third-order valence-electron chi connectivity index (χ3n) is 0.775. The molecule has 1 aliphatic rings. The molecular weight excluding hydrogens is 108 g/mol. The average Bonchev–Trinajstić information content (AvgIpc) is 2.14. The van der Waals surface area contributed by atoms with Crippen LogP contribution < -0.4 is 0 Å². The van der Waals surface area contributed by atoms with Crippen molar-refractivity contribution in [1.82, 2.24) is 5.12 Å². The Morgan fingerprint density at radius 3 is 3.00 bits per heavy atom. The summed E-state index contributed by atoms with van der Waals surface area (Å²) in [6.45, 7) is 0. The first kappa shape index (κ1) is 4.89. The van der Waals surface area contributed by atoms with Gasteiger partial charge in [-0.25, -0.2) is 0 Å². The lowest BCUT2D eigenvalue weighted by molar-refractivity contribution is -0.129. The number of hydrogen-bond donors (Lipinski definition) is 1. The van der Waals surface area contributed by atoms with Crippen LogP contribution in [-0.4, -0.2) is 17.2 Å². The fourth-order valence-electron chi connectivity index (χ4n) is 0.424. The molecule has 1 rings (SSSR count). The van der Waals surface area contributed by atoms with E-state index in [1.165, 1.54) is 6.21 Å². The van der Waals surface area contributed by atoms with Gasteiger partial charge in [-0.2, -0.15) is 10.6 Å². The van der Waals surface area contributed by atoms with Crippen molar-refractivity contribution in [1.29, 1.82) is 5.53 Å². The second-order valence-corrected chi connectivity index (χ2v) is 1.29. The molecule has 5 nitrogen and oxygen atoms in total. The highest BCUT2D eigenvalue weighted by atomic mass is 16.2. The quantitative estimate of drug-likeness (QED) is 0.482. The summed E-state index contributed by atoms with van der Waals surface area (Å²) in [7, 11) is 0. The van der Waals surface area contributed by atoms with Crippen LogP contribution in [0.3, 0.4) is 0 Å². The molecule has 0 radical (unpaired) electrons. The molecule has 0 bridgehead atoms. The number of nitrogens with zero attached hydrogens (tertiary/aromatic N) is 3. The van der Waals surface area contributed by atoms with E-state index in [1.807, 2.05) is 0 Å². The van der Waals surface area contributed by atoms with E-state index in [0.29, 0.717) is 0 Å². The van der Waals surface area contributed by atoms with Gasteiger partial charge in [-0.05, 0) is 5.22 Å². The minimum absolute atomic E-state index is 0.250. The summed E-state index contributed by atoms with van der Waals surface area (Å²) in [5.41, 5.74) is 6.35. The zero-order valence-corrected chi connectivity index (χ0v) is 4.03. The van der Waals surface area contributed by atoms with Crippen LogP contribution in [-0.2, 0) is 4.79 Å². The molecule has 0 unspecified atom stereocenters. The predicted molar refractivity (Wildman–Crippen MR) is 25.1 cm³/mol. The van der Waals surface area contributed by atoms with Gasteiger partial charge < -0.3 is 0 Å². The minimum atomic E-state index is -0.250. The van der Waals surface area contributed by atoms with E-state index in [2.05, 4.69) is 10.3 Å². The van der Waals surface area contributed by atoms with Crippen LogP contribution in [0.1, 0.15) is 6.42 Å². The summed E-state index contributed by atoms with van der Waals surface area (Å²) < 4.78 is 0. The molecule has 0 atom stereocenters. The Bertz CT molecular complexity index is 151. The van der Waals surface area contributed by atoms with E-state index < -0.39 is 0 Å². The van der Waals surface area contributed by atoms with Crippen molar-refractivity contribution in [3.05, 3.63) is 0 Å². The van der Waals surface area contributed by atoms with Crippen molar-refractivity contribution in [3.63, 3.8) is 0 Å². The largest absolute Gasteiger partial charge is 0.271 e. The molecule has 42 valence electrons. The van der Waals surface area contributed by atoms with Crippen molar-refractivity contribution < 1.29 is 4.79 Å². The molecule has 0 aromatic carbocycles. The molecule has 8 heavy (non-hydrogen) atoms. The third kappa shape index (κ3) is 0.575. The molecule has 1 aliphatic heterocycles. The fourth-order valence-corrected chi connectivity index (χ4v) is 0.424. The number of rotatable bonds is 1. The standard InChI is InChI=1S/C3H4N4O/c4-6-7-3(8)1-2-5-7/h2,4H,1H2. The van der Waals surface area contributed by atoms with Crippen molar-refractivity contribution in [2.45, 2.75) is 6.42 Å². The Hall–Kier alpha value is -1.26. The van der Waals surface area contributed by atoms with Gasteiger partial charge in [0.05, 0.1) is 6.42 Å². The molecule has 0 aromatic heterocycles. The van der Waals surface area contributed by atoms with E-state index in [0.717, 1.165) is 5.12 Å². The second-order valence-electron chi connectivity index (χ2n) is 1.29. The monoisotopic (exact) mass is 112 g/mol.